The standard InChI is InChI=1S/C13H21N3O2/c1-4-15-12(18)10-6-5-9(14)7-11(10)16-13(2,3)8-17/h5-7,16-17H,4,8,14H2,1-3H3,(H,15,18). The van der Waals surface area contributed by atoms with Crippen molar-refractivity contribution in [3.63, 3.8) is 0 Å². The van der Waals surface area contributed by atoms with Gasteiger partial charge in [-0.25, -0.2) is 0 Å². The molecule has 0 aromatic heterocycles. The third-order valence-electron chi connectivity index (χ3n) is 2.49. The number of carbonyl (C=O) groups is 1. The lowest BCUT2D eigenvalue weighted by Gasteiger charge is -2.26. The number of benzene rings is 1. The fourth-order valence-corrected chi connectivity index (χ4v) is 1.52. The fraction of sp³-hybridized carbons (Fsp3) is 0.462. The summed E-state index contributed by atoms with van der Waals surface area (Å²) in [5, 5.41) is 15.1. The Morgan fingerprint density at radius 3 is 2.67 bits per heavy atom. The Kier molecular flexibility index (Phi) is 4.55. The topological polar surface area (TPSA) is 87.4 Å². The Labute approximate surface area is 107 Å². The third kappa shape index (κ3) is 3.63. The van der Waals surface area contributed by atoms with Crippen molar-refractivity contribution in [2.24, 2.45) is 0 Å². The molecule has 5 nitrogen and oxygen atoms in total. The van der Waals surface area contributed by atoms with E-state index in [2.05, 4.69) is 10.6 Å². The largest absolute Gasteiger partial charge is 0.399 e. The minimum absolute atomic E-state index is 0.0450. The van der Waals surface area contributed by atoms with Gasteiger partial charge in [0.05, 0.1) is 17.7 Å². The van der Waals surface area contributed by atoms with E-state index in [1.165, 1.54) is 0 Å². The SMILES string of the molecule is CCNC(=O)c1ccc(N)cc1NC(C)(C)CO. The van der Waals surface area contributed by atoms with Gasteiger partial charge in [-0.05, 0) is 39.0 Å². The van der Waals surface area contributed by atoms with E-state index in [0.717, 1.165) is 0 Å². The lowest BCUT2D eigenvalue weighted by Crippen LogP contribution is -2.36. The highest BCUT2D eigenvalue weighted by Gasteiger charge is 2.19. The molecule has 0 radical (unpaired) electrons. The predicted molar refractivity (Wildman–Crippen MR) is 73.6 cm³/mol. The summed E-state index contributed by atoms with van der Waals surface area (Å²) < 4.78 is 0. The Bertz CT molecular complexity index is 430. The molecule has 0 aliphatic heterocycles. The number of aliphatic hydroxyl groups excluding tert-OH is 1. The first-order valence-corrected chi connectivity index (χ1v) is 5.96. The van der Waals surface area contributed by atoms with Gasteiger partial charge in [-0.15, -0.1) is 0 Å². The first-order valence-electron chi connectivity index (χ1n) is 5.96. The molecule has 0 aliphatic carbocycles. The van der Waals surface area contributed by atoms with Gasteiger partial charge in [-0.1, -0.05) is 0 Å². The third-order valence-corrected chi connectivity index (χ3v) is 2.49. The van der Waals surface area contributed by atoms with Crippen molar-refractivity contribution in [3.05, 3.63) is 23.8 Å². The summed E-state index contributed by atoms with van der Waals surface area (Å²) in [4.78, 5) is 11.9. The molecule has 0 bridgehead atoms. The zero-order valence-corrected chi connectivity index (χ0v) is 11.1. The fourth-order valence-electron chi connectivity index (χ4n) is 1.52. The summed E-state index contributed by atoms with van der Waals surface area (Å²) in [7, 11) is 0. The minimum atomic E-state index is -0.519. The van der Waals surface area contributed by atoms with Crippen molar-refractivity contribution in [1.29, 1.82) is 0 Å². The Balaban J connectivity index is 3.08. The molecule has 1 aromatic carbocycles. The first-order chi connectivity index (χ1) is 8.39. The van der Waals surface area contributed by atoms with Gasteiger partial charge in [-0.2, -0.15) is 0 Å². The molecule has 5 heteroatoms. The van der Waals surface area contributed by atoms with Crippen LogP contribution in [0.3, 0.4) is 0 Å². The number of carbonyl (C=O) groups excluding carboxylic acids is 1. The predicted octanol–water partition coefficient (Wildman–Crippen LogP) is 1.20. The molecule has 0 saturated carbocycles. The number of hydrogen-bond donors (Lipinski definition) is 4. The average Bonchev–Trinajstić information content (AvgIpc) is 2.29. The molecule has 1 amide bonds. The molecule has 1 aromatic rings. The second kappa shape index (κ2) is 5.73. The van der Waals surface area contributed by atoms with Crippen LogP contribution in [0.4, 0.5) is 11.4 Å². The van der Waals surface area contributed by atoms with E-state index < -0.39 is 5.54 Å². The smallest absolute Gasteiger partial charge is 0.253 e. The van der Waals surface area contributed by atoms with Gasteiger partial charge in [0.2, 0.25) is 0 Å². The molecule has 0 aliphatic rings. The van der Waals surface area contributed by atoms with Gasteiger partial charge >= 0.3 is 0 Å². The lowest BCUT2D eigenvalue weighted by molar-refractivity contribution is 0.0956. The summed E-state index contributed by atoms with van der Waals surface area (Å²) in [6.45, 7) is 6.07. The van der Waals surface area contributed by atoms with Crippen LogP contribution in [-0.4, -0.2) is 29.7 Å². The summed E-state index contributed by atoms with van der Waals surface area (Å²) in [6.07, 6.45) is 0. The van der Waals surface area contributed by atoms with Crippen molar-refractivity contribution in [1.82, 2.24) is 5.32 Å². The molecule has 0 spiro atoms. The molecule has 5 N–H and O–H groups in total. The molecular formula is C13H21N3O2. The highest BCUT2D eigenvalue weighted by atomic mass is 16.3. The summed E-state index contributed by atoms with van der Waals surface area (Å²) in [5.41, 5.74) is 6.92. The second-order valence-corrected chi connectivity index (χ2v) is 4.83. The number of nitrogen functional groups attached to an aromatic ring is 1. The highest BCUT2D eigenvalue weighted by molar-refractivity contribution is 6.00. The Morgan fingerprint density at radius 1 is 1.44 bits per heavy atom. The zero-order valence-electron chi connectivity index (χ0n) is 11.1. The highest BCUT2D eigenvalue weighted by Crippen LogP contribution is 2.23. The number of nitrogens with one attached hydrogen (secondary N) is 2. The number of amides is 1. The van der Waals surface area contributed by atoms with Gasteiger partial charge in [0.1, 0.15) is 0 Å². The minimum Gasteiger partial charge on any atom is -0.399 e. The molecule has 0 fully saturated rings. The van der Waals surface area contributed by atoms with Crippen LogP contribution in [0.25, 0.3) is 0 Å². The van der Waals surface area contributed by atoms with Crippen LogP contribution in [0.2, 0.25) is 0 Å². The zero-order chi connectivity index (χ0) is 13.8. The van der Waals surface area contributed by atoms with Crippen LogP contribution in [0.15, 0.2) is 18.2 Å². The molecule has 100 valence electrons. The summed E-state index contributed by atoms with van der Waals surface area (Å²) in [6, 6.07) is 5.06. The van der Waals surface area contributed by atoms with Crippen LogP contribution in [0, 0.1) is 0 Å². The van der Waals surface area contributed by atoms with E-state index in [0.29, 0.717) is 23.5 Å². The average molecular weight is 251 g/mol. The lowest BCUT2D eigenvalue weighted by atomic mass is 10.0. The maximum Gasteiger partial charge on any atom is 0.253 e. The maximum absolute atomic E-state index is 11.9. The van der Waals surface area contributed by atoms with Crippen LogP contribution >= 0.6 is 0 Å². The van der Waals surface area contributed by atoms with Crippen molar-refractivity contribution in [3.8, 4) is 0 Å². The Hall–Kier alpha value is -1.75. The number of anilines is 2. The normalized spacial score (nSPS) is 11.1. The van der Waals surface area contributed by atoms with Crippen LogP contribution in [0.5, 0.6) is 0 Å². The number of hydrogen-bond acceptors (Lipinski definition) is 4. The molecule has 1 rings (SSSR count). The van der Waals surface area contributed by atoms with Gasteiger partial charge in [-0.3, -0.25) is 4.79 Å². The molecule has 0 saturated heterocycles. The van der Waals surface area contributed by atoms with Crippen LogP contribution < -0.4 is 16.4 Å². The number of nitrogens with two attached hydrogens (primary N) is 1. The number of aliphatic hydroxyl groups is 1. The second-order valence-electron chi connectivity index (χ2n) is 4.83. The molecule has 0 atom stereocenters. The van der Waals surface area contributed by atoms with E-state index in [1.54, 1.807) is 18.2 Å². The molecule has 18 heavy (non-hydrogen) atoms. The first kappa shape index (κ1) is 14.3. The van der Waals surface area contributed by atoms with Crippen molar-refractivity contribution < 1.29 is 9.90 Å². The molecule has 0 unspecified atom stereocenters. The van der Waals surface area contributed by atoms with Crippen LogP contribution in [-0.2, 0) is 0 Å². The van der Waals surface area contributed by atoms with Crippen molar-refractivity contribution in [2.75, 3.05) is 24.2 Å². The van der Waals surface area contributed by atoms with Gasteiger partial charge in [0, 0.05) is 17.9 Å². The van der Waals surface area contributed by atoms with Gasteiger partial charge in [0.25, 0.3) is 5.91 Å². The monoisotopic (exact) mass is 251 g/mol. The van der Waals surface area contributed by atoms with E-state index in [9.17, 15) is 9.90 Å². The van der Waals surface area contributed by atoms with Gasteiger partial charge < -0.3 is 21.5 Å². The van der Waals surface area contributed by atoms with Gasteiger partial charge in [0.15, 0.2) is 0 Å². The van der Waals surface area contributed by atoms with Crippen molar-refractivity contribution in [2.45, 2.75) is 26.3 Å². The Morgan fingerprint density at radius 2 is 2.11 bits per heavy atom. The van der Waals surface area contributed by atoms with Crippen molar-refractivity contribution >= 4 is 17.3 Å². The molecular weight excluding hydrogens is 230 g/mol. The van der Waals surface area contributed by atoms with E-state index in [1.807, 2.05) is 20.8 Å². The quantitative estimate of drug-likeness (QED) is 0.592. The summed E-state index contributed by atoms with van der Waals surface area (Å²) in [5.74, 6) is -0.159. The maximum atomic E-state index is 11.9. The summed E-state index contributed by atoms with van der Waals surface area (Å²) >= 11 is 0. The van der Waals surface area contributed by atoms with E-state index in [-0.39, 0.29) is 12.5 Å². The van der Waals surface area contributed by atoms with E-state index in [4.69, 9.17) is 5.73 Å². The molecule has 0 heterocycles. The van der Waals surface area contributed by atoms with Crippen LogP contribution in [0.1, 0.15) is 31.1 Å². The number of rotatable bonds is 5. The van der Waals surface area contributed by atoms with E-state index >= 15 is 0 Å².